The number of benzene rings is 1. The third-order valence-corrected chi connectivity index (χ3v) is 2.56. The van der Waals surface area contributed by atoms with E-state index >= 15 is 0 Å². The van der Waals surface area contributed by atoms with E-state index in [4.69, 9.17) is 8.94 Å². The van der Waals surface area contributed by atoms with Gasteiger partial charge in [0.05, 0.1) is 5.56 Å². The maximum absolute atomic E-state index is 5.45. The van der Waals surface area contributed by atoms with E-state index in [0.717, 1.165) is 16.5 Å². The van der Waals surface area contributed by atoms with E-state index in [2.05, 4.69) is 15.5 Å². The summed E-state index contributed by atoms with van der Waals surface area (Å²) < 4.78 is 10.6. The fraction of sp³-hybridized carbons (Fsp3) is 0.231. The van der Waals surface area contributed by atoms with Crippen LogP contribution in [0, 0.1) is 0 Å². The molecule has 5 heteroatoms. The summed E-state index contributed by atoms with van der Waals surface area (Å²) in [6.45, 7) is 4.02. The minimum atomic E-state index is 0.249. The van der Waals surface area contributed by atoms with Gasteiger partial charge in [0.2, 0.25) is 5.82 Å². The molecule has 0 fully saturated rings. The van der Waals surface area contributed by atoms with Crippen molar-refractivity contribution in [2.75, 3.05) is 5.32 Å². The largest absolute Gasteiger partial charge is 0.464 e. The van der Waals surface area contributed by atoms with Crippen LogP contribution >= 0.6 is 0 Å². The molecule has 0 saturated carbocycles. The molecule has 0 aliphatic carbocycles. The number of hydrogen-bond acceptors (Lipinski definition) is 5. The van der Waals surface area contributed by atoms with E-state index in [0.29, 0.717) is 11.8 Å². The minimum absolute atomic E-state index is 0.249. The van der Waals surface area contributed by atoms with Gasteiger partial charge in [0.15, 0.2) is 0 Å². The first-order valence-electron chi connectivity index (χ1n) is 5.81. The lowest BCUT2D eigenvalue weighted by Gasteiger charge is -2.01. The molecular weight excluding hydrogens is 230 g/mol. The van der Waals surface area contributed by atoms with E-state index < -0.39 is 0 Å². The quantitative estimate of drug-likeness (QED) is 0.764. The van der Waals surface area contributed by atoms with Crippen molar-refractivity contribution in [3.63, 3.8) is 0 Å². The smallest absolute Gasteiger partial charge is 0.321 e. The Hall–Kier alpha value is -2.30. The third-order valence-electron chi connectivity index (χ3n) is 2.56. The number of furan rings is 1. The van der Waals surface area contributed by atoms with Gasteiger partial charge in [-0.3, -0.25) is 0 Å². The molecule has 0 aliphatic heterocycles. The predicted octanol–water partition coefficient (Wildman–Crippen LogP) is 3.30. The molecule has 2 heterocycles. The van der Waals surface area contributed by atoms with Crippen LogP contribution in [-0.2, 0) is 0 Å². The van der Waals surface area contributed by atoms with Crippen LogP contribution in [0.5, 0.6) is 0 Å². The highest BCUT2D eigenvalue weighted by Crippen LogP contribution is 2.28. The van der Waals surface area contributed by atoms with Gasteiger partial charge < -0.3 is 14.3 Å². The molecule has 1 aromatic carbocycles. The molecule has 1 N–H and O–H groups in total. The Bertz CT molecular complexity index is 669. The van der Waals surface area contributed by atoms with Crippen molar-refractivity contribution in [2.45, 2.75) is 19.9 Å². The minimum Gasteiger partial charge on any atom is -0.464 e. The average Bonchev–Trinajstić information content (AvgIpc) is 2.94. The van der Waals surface area contributed by atoms with Crippen molar-refractivity contribution in [1.82, 2.24) is 10.1 Å². The Morgan fingerprint density at radius 2 is 2.06 bits per heavy atom. The van der Waals surface area contributed by atoms with Gasteiger partial charge in [-0.15, -0.1) is 0 Å². The maximum atomic E-state index is 5.45. The highest BCUT2D eigenvalue weighted by Gasteiger charge is 2.14. The van der Waals surface area contributed by atoms with Crippen LogP contribution in [-0.4, -0.2) is 16.2 Å². The van der Waals surface area contributed by atoms with Crippen LogP contribution < -0.4 is 5.32 Å². The molecule has 18 heavy (non-hydrogen) atoms. The van der Waals surface area contributed by atoms with E-state index in [1.54, 1.807) is 6.26 Å². The predicted molar refractivity (Wildman–Crippen MR) is 68.3 cm³/mol. The summed E-state index contributed by atoms with van der Waals surface area (Å²) in [5.74, 6) is 0.531. The first kappa shape index (κ1) is 10.8. The van der Waals surface area contributed by atoms with Crippen molar-refractivity contribution in [3.05, 3.63) is 30.5 Å². The molecule has 2 aromatic heterocycles. The molecule has 0 amide bonds. The van der Waals surface area contributed by atoms with E-state index in [9.17, 15) is 0 Å². The maximum Gasteiger partial charge on any atom is 0.321 e. The topological polar surface area (TPSA) is 64.1 Å². The fourth-order valence-electron chi connectivity index (χ4n) is 1.79. The van der Waals surface area contributed by atoms with Crippen LogP contribution in [0.3, 0.4) is 0 Å². The van der Waals surface area contributed by atoms with Gasteiger partial charge >= 0.3 is 6.01 Å². The molecule has 0 saturated heterocycles. The summed E-state index contributed by atoms with van der Waals surface area (Å²) >= 11 is 0. The number of aromatic nitrogens is 2. The van der Waals surface area contributed by atoms with Crippen LogP contribution in [0.1, 0.15) is 13.8 Å². The van der Waals surface area contributed by atoms with Gasteiger partial charge in [-0.25, -0.2) is 0 Å². The monoisotopic (exact) mass is 243 g/mol. The standard InChI is InChI=1S/C13H13N3O2/c1-8(2)14-13-15-12(16-18-13)10-7-17-11-6-4-3-5-9(10)11/h3-8H,1-2H3,(H,14,15,16). The Balaban J connectivity index is 2.01. The Morgan fingerprint density at radius 1 is 1.22 bits per heavy atom. The first-order valence-corrected chi connectivity index (χ1v) is 5.81. The van der Waals surface area contributed by atoms with Gasteiger partial charge in [0, 0.05) is 11.4 Å². The van der Waals surface area contributed by atoms with E-state index in [-0.39, 0.29) is 6.04 Å². The lowest BCUT2D eigenvalue weighted by Crippen LogP contribution is -2.09. The van der Waals surface area contributed by atoms with Gasteiger partial charge in [-0.1, -0.05) is 23.4 Å². The van der Waals surface area contributed by atoms with Crippen molar-refractivity contribution < 1.29 is 8.94 Å². The molecule has 3 rings (SSSR count). The Labute approximate surface area is 104 Å². The molecule has 0 aliphatic rings. The van der Waals surface area contributed by atoms with Gasteiger partial charge in [-0.2, -0.15) is 4.98 Å². The molecule has 3 aromatic rings. The fourth-order valence-corrected chi connectivity index (χ4v) is 1.79. The summed E-state index contributed by atoms with van der Waals surface area (Å²) in [5, 5.41) is 8.00. The Kier molecular flexibility index (Phi) is 2.51. The molecule has 0 bridgehead atoms. The van der Waals surface area contributed by atoms with E-state index in [1.165, 1.54) is 0 Å². The molecule has 5 nitrogen and oxygen atoms in total. The first-order chi connectivity index (χ1) is 8.74. The molecule has 92 valence electrons. The summed E-state index contributed by atoms with van der Waals surface area (Å²) in [4.78, 5) is 4.29. The average molecular weight is 243 g/mol. The number of nitrogens with zero attached hydrogens (tertiary/aromatic N) is 2. The second-order valence-electron chi connectivity index (χ2n) is 4.37. The zero-order valence-electron chi connectivity index (χ0n) is 10.2. The molecular formula is C13H13N3O2. The van der Waals surface area contributed by atoms with Gasteiger partial charge in [0.1, 0.15) is 11.8 Å². The highest BCUT2D eigenvalue weighted by atomic mass is 16.5. The second kappa shape index (κ2) is 4.18. The number of para-hydroxylation sites is 1. The number of fused-ring (bicyclic) bond motifs is 1. The third kappa shape index (κ3) is 1.84. The van der Waals surface area contributed by atoms with Crippen LogP contribution in [0.4, 0.5) is 6.01 Å². The highest BCUT2D eigenvalue weighted by molar-refractivity contribution is 5.91. The lowest BCUT2D eigenvalue weighted by molar-refractivity contribution is 0.429. The van der Waals surface area contributed by atoms with Crippen molar-refractivity contribution in [3.8, 4) is 11.4 Å². The van der Waals surface area contributed by atoms with E-state index in [1.807, 2.05) is 38.1 Å². The molecule has 0 atom stereocenters. The number of rotatable bonds is 3. The summed E-state index contributed by atoms with van der Waals surface area (Å²) in [6.07, 6.45) is 1.65. The molecule has 0 unspecified atom stereocenters. The zero-order valence-corrected chi connectivity index (χ0v) is 10.2. The van der Waals surface area contributed by atoms with Crippen molar-refractivity contribution >= 4 is 17.0 Å². The van der Waals surface area contributed by atoms with Gasteiger partial charge in [-0.05, 0) is 19.9 Å². The zero-order chi connectivity index (χ0) is 12.5. The summed E-state index contributed by atoms with van der Waals surface area (Å²) in [5.41, 5.74) is 1.65. The second-order valence-corrected chi connectivity index (χ2v) is 4.37. The molecule has 0 radical (unpaired) electrons. The number of hydrogen-bond donors (Lipinski definition) is 1. The number of nitrogens with one attached hydrogen (secondary N) is 1. The molecule has 0 spiro atoms. The lowest BCUT2D eigenvalue weighted by atomic mass is 10.2. The van der Waals surface area contributed by atoms with Crippen molar-refractivity contribution in [1.29, 1.82) is 0 Å². The van der Waals surface area contributed by atoms with Crippen molar-refractivity contribution in [2.24, 2.45) is 0 Å². The normalized spacial score (nSPS) is 11.3. The van der Waals surface area contributed by atoms with Crippen LogP contribution in [0.15, 0.2) is 39.5 Å². The number of anilines is 1. The SMILES string of the molecule is CC(C)Nc1nc(-c2coc3ccccc23)no1. The van der Waals surface area contributed by atoms with Crippen LogP contribution in [0.25, 0.3) is 22.4 Å². The van der Waals surface area contributed by atoms with Gasteiger partial charge in [0.25, 0.3) is 0 Å². The summed E-state index contributed by atoms with van der Waals surface area (Å²) in [7, 11) is 0. The summed E-state index contributed by atoms with van der Waals surface area (Å²) in [6, 6.07) is 8.43. The van der Waals surface area contributed by atoms with Crippen LogP contribution in [0.2, 0.25) is 0 Å². The Morgan fingerprint density at radius 3 is 2.89 bits per heavy atom.